The fourth-order valence-corrected chi connectivity index (χ4v) is 3.52. The van der Waals surface area contributed by atoms with Gasteiger partial charge in [0.1, 0.15) is 11.5 Å². The smallest absolute Gasteiger partial charge is 0.260 e. The maximum atomic E-state index is 12.4. The Hall–Kier alpha value is -3.13. The molecule has 3 aromatic rings. The van der Waals surface area contributed by atoms with Crippen LogP contribution in [-0.4, -0.2) is 23.4 Å². The fraction of sp³-hybridized carbons (Fsp3) is 0.286. The van der Waals surface area contributed by atoms with Crippen LogP contribution in [0.25, 0.3) is 0 Å². The zero-order valence-electron chi connectivity index (χ0n) is 16.5. The molecular formula is C21H23N3O4S. The van der Waals surface area contributed by atoms with Crippen LogP contribution >= 0.6 is 11.3 Å². The Morgan fingerprint density at radius 3 is 2.86 bits per heavy atom. The van der Waals surface area contributed by atoms with Crippen molar-refractivity contribution in [2.75, 3.05) is 11.9 Å². The maximum Gasteiger partial charge on any atom is 0.260 e. The highest BCUT2D eigenvalue weighted by molar-refractivity contribution is 7.14. The number of aromatic nitrogens is 1. The number of carbonyl (C=O) groups is 2. The number of hydrogen-bond donors (Lipinski definition) is 2. The zero-order valence-corrected chi connectivity index (χ0v) is 17.3. The number of furan rings is 1. The standard InChI is InChI=1S/C21H23N3O4S/c1-4-27-17-7-5-6-15(10-17)13(2)22-19(25)11-16-12-29-21(23-16)24-20(26)18-8-9-28-14(18)3/h5-10,12-13H,4,11H2,1-3H3,(H,22,25)(H,23,24,26). The van der Waals surface area contributed by atoms with Crippen molar-refractivity contribution in [1.82, 2.24) is 10.3 Å². The number of amides is 2. The first-order valence-corrected chi connectivity index (χ1v) is 10.2. The van der Waals surface area contributed by atoms with Gasteiger partial charge in [-0.3, -0.25) is 14.9 Å². The molecule has 2 amide bonds. The van der Waals surface area contributed by atoms with Gasteiger partial charge in [-0.25, -0.2) is 4.98 Å². The first-order valence-electron chi connectivity index (χ1n) is 9.28. The number of rotatable bonds is 8. The van der Waals surface area contributed by atoms with E-state index in [1.807, 2.05) is 38.1 Å². The topological polar surface area (TPSA) is 93.5 Å². The summed E-state index contributed by atoms with van der Waals surface area (Å²) in [5.74, 6) is 0.887. The number of anilines is 1. The number of aryl methyl sites for hydroxylation is 1. The molecule has 29 heavy (non-hydrogen) atoms. The predicted molar refractivity (Wildman–Crippen MR) is 111 cm³/mol. The molecule has 2 heterocycles. The second kappa shape index (κ2) is 9.38. The molecule has 0 aliphatic rings. The molecule has 152 valence electrons. The SMILES string of the molecule is CCOc1cccc(C(C)NC(=O)Cc2csc(NC(=O)c3ccoc3C)n2)c1. The van der Waals surface area contributed by atoms with Crippen LogP contribution in [0.5, 0.6) is 5.75 Å². The Morgan fingerprint density at radius 1 is 1.31 bits per heavy atom. The third kappa shape index (κ3) is 5.45. The van der Waals surface area contributed by atoms with E-state index in [0.29, 0.717) is 28.8 Å². The summed E-state index contributed by atoms with van der Waals surface area (Å²) >= 11 is 1.28. The van der Waals surface area contributed by atoms with Crippen molar-refractivity contribution < 1.29 is 18.7 Å². The second-order valence-corrected chi connectivity index (χ2v) is 7.32. The quantitative estimate of drug-likeness (QED) is 0.579. The summed E-state index contributed by atoms with van der Waals surface area (Å²) in [6.45, 7) is 6.16. The summed E-state index contributed by atoms with van der Waals surface area (Å²) in [5.41, 5.74) is 2.02. The molecule has 1 unspecified atom stereocenters. The number of nitrogens with one attached hydrogen (secondary N) is 2. The molecule has 1 aromatic carbocycles. The van der Waals surface area contributed by atoms with Crippen LogP contribution < -0.4 is 15.4 Å². The Morgan fingerprint density at radius 2 is 2.14 bits per heavy atom. The number of benzene rings is 1. The van der Waals surface area contributed by atoms with Gasteiger partial charge in [-0.2, -0.15) is 0 Å². The molecule has 0 saturated heterocycles. The van der Waals surface area contributed by atoms with E-state index in [1.165, 1.54) is 17.6 Å². The van der Waals surface area contributed by atoms with Gasteiger partial charge < -0.3 is 14.5 Å². The Kier molecular flexibility index (Phi) is 6.66. The van der Waals surface area contributed by atoms with Crippen LogP contribution in [0, 0.1) is 6.92 Å². The first-order chi connectivity index (χ1) is 14.0. The Balaban J connectivity index is 1.55. The Bertz CT molecular complexity index is 995. The molecule has 0 aliphatic carbocycles. The van der Waals surface area contributed by atoms with Gasteiger partial charge in [0.05, 0.1) is 36.6 Å². The van der Waals surface area contributed by atoms with E-state index in [2.05, 4.69) is 15.6 Å². The lowest BCUT2D eigenvalue weighted by molar-refractivity contribution is -0.121. The lowest BCUT2D eigenvalue weighted by Crippen LogP contribution is -2.28. The van der Waals surface area contributed by atoms with E-state index in [0.717, 1.165) is 11.3 Å². The van der Waals surface area contributed by atoms with E-state index in [4.69, 9.17) is 9.15 Å². The average molecular weight is 413 g/mol. The van der Waals surface area contributed by atoms with Crippen molar-refractivity contribution in [3.63, 3.8) is 0 Å². The second-order valence-electron chi connectivity index (χ2n) is 6.46. The lowest BCUT2D eigenvalue weighted by atomic mass is 10.1. The van der Waals surface area contributed by atoms with E-state index in [9.17, 15) is 9.59 Å². The zero-order chi connectivity index (χ0) is 20.8. The number of hydrogen-bond acceptors (Lipinski definition) is 6. The molecule has 0 saturated carbocycles. The minimum atomic E-state index is -0.288. The van der Waals surface area contributed by atoms with Gasteiger partial charge >= 0.3 is 0 Å². The third-order valence-corrected chi connectivity index (χ3v) is 5.07. The highest BCUT2D eigenvalue weighted by atomic mass is 32.1. The summed E-state index contributed by atoms with van der Waals surface area (Å²) in [6.07, 6.45) is 1.60. The van der Waals surface area contributed by atoms with Gasteiger partial charge in [-0.15, -0.1) is 11.3 Å². The fourth-order valence-electron chi connectivity index (χ4n) is 2.81. The predicted octanol–water partition coefficient (Wildman–Crippen LogP) is 4.12. The van der Waals surface area contributed by atoms with E-state index in [-0.39, 0.29) is 24.3 Å². The third-order valence-electron chi connectivity index (χ3n) is 4.26. The van der Waals surface area contributed by atoms with Crippen molar-refractivity contribution in [3.8, 4) is 5.75 Å². The largest absolute Gasteiger partial charge is 0.494 e. The van der Waals surface area contributed by atoms with E-state index < -0.39 is 0 Å². The molecule has 1 atom stereocenters. The van der Waals surface area contributed by atoms with Gasteiger partial charge in [0, 0.05) is 5.38 Å². The van der Waals surface area contributed by atoms with Crippen LogP contribution in [0.15, 0.2) is 46.4 Å². The molecular weight excluding hydrogens is 390 g/mol. The van der Waals surface area contributed by atoms with Crippen LogP contribution in [0.4, 0.5) is 5.13 Å². The van der Waals surface area contributed by atoms with E-state index in [1.54, 1.807) is 18.4 Å². The van der Waals surface area contributed by atoms with Crippen LogP contribution in [-0.2, 0) is 11.2 Å². The minimum Gasteiger partial charge on any atom is -0.494 e. The van der Waals surface area contributed by atoms with Crippen molar-refractivity contribution in [1.29, 1.82) is 0 Å². The van der Waals surface area contributed by atoms with Crippen LogP contribution in [0.2, 0.25) is 0 Å². The number of carbonyl (C=O) groups excluding carboxylic acids is 2. The monoisotopic (exact) mass is 413 g/mol. The van der Waals surface area contributed by atoms with Crippen molar-refractivity contribution in [2.45, 2.75) is 33.2 Å². The van der Waals surface area contributed by atoms with Crippen LogP contribution in [0.3, 0.4) is 0 Å². The van der Waals surface area contributed by atoms with Crippen molar-refractivity contribution in [2.24, 2.45) is 0 Å². The van der Waals surface area contributed by atoms with Crippen molar-refractivity contribution in [3.05, 3.63) is 64.6 Å². The highest BCUT2D eigenvalue weighted by Gasteiger charge is 2.15. The summed E-state index contributed by atoms with van der Waals surface area (Å²) in [4.78, 5) is 28.9. The molecule has 0 bridgehead atoms. The molecule has 7 nitrogen and oxygen atoms in total. The minimum absolute atomic E-state index is 0.132. The van der Waals surface area contributed by atoms with Gasteiger partial charge in [0.15, 0.2) is 5.13 Å². The van der Waals surface area contributed by atoms with Gasteiger partial charge in [-0.05, 0) is 44.5 Å². The summed E-state index contributed by atoms with van der Waals surface area (Å²) in [7, 11) is 0. The molecule has 0 aliphatic heterocycles. The molecule has 2 aromatic heterocycles. The van der Waals surface area contributed by atoms with Gasteiger partial charge in [0.2, 0.25) is 5.91 Å². The number of thiazole rings is 1. The Labute approximate surface area is 173 Å². The molecule has 0 fully saturated rings. The molecule has 3 rings (SSSR count). The van der Waals surface area contributed by atoms with E-state index >= 15 is 0 Å². The molecule has 0 radical (unpaired) electrons. The van der Waals surface area contributed by atoms with Crippen LogP contribution in [0.1, 0.15) is 47.3 Å². The lowest BCUT2D eigenvalue weighted by Gasteiger charge is -2.15. The highest BCUT2D eigenvalue weighted by Crippen LogP contribution is 2.21. The normalized spacial score (nSPS) is 11.7. The van der Waals surface area contributed by atoms with Gasteiger partial charge in [0.25, 0.3) is 5.91 Å². The summed E-state index contributed by atoms with van der Waals surface area (Å²) in [5, 5.41) is 7.89. The number of nitrogens with zero attached hydrogens (tertiary/aromatic N) is 1. The van der Waals surface area contributed by atoms with Gasteiger partial charge in [-0.1, -0.05) is 12.1 Å². The summed E-state index contributed by atoms with van der Waals surface area (Å²) in [6, 6.07) is 9.10. The number of ether oxygens (including phenoxy) is 1. The van der Waals surface area contributed by atoms with Crippen molar-refractivity contribution >= 4 is 28.3 Å². The first kappa shape index (κ1) is 20.6. The molecule has 8 heteroatoms. The average Bonchev–Trinajstić information content (AvgIpc) is 3.30. The molecule has 0 spiro atoms. The summed E-state index contributed by atoms with van der Waals surface area (Å²) < 4.78 is 10.6. The maximum absolute atomic E-state index is 12.4. The molecule has 2 N–H and O–H groups in total.